The van der Waals surface area contributed by atoms with Crippen molar-refractivity contribution in [3.05, 3.63) is 70.2 Å². The Morgan fingerprint density at radius 3 is 2.55 bits per heavy atom. The molecule has 4 rings (SSSR count). The van der Waals surface area contributed by atoms with Gasteiger partial charge in [-0.3, -0.25) is 14.2 Å². The first kappa shape index (κ1) is 20.7. The van der Waals surface area contributed by atoms with Crippen LogP contribution in [0.25, 0.3) is 11.4 Å². The number of carbonyl (C=O) groups excluding carboxylic acids is 1. The van der Waals surface area contributed by atoms with E-state index in [1.54, 1.807) is 18.0 Å². The molecule has 0 spiro atoms. The lowest BCUT2D eigenvalue weighted by Crippen LogP contribution is -2.42. The molecule has 0 amide bonds. The second-order valence-electron chi connectivity index (χ2n) is 7.34. The summed E-state index contributed by atoms with van der Waals surface area (Å²) in [5.74, 6) is -5.13. The smallest absolute Gasteiger partial charge is 0.255 e. The minimum atomic E-state index is -1.61. The number of piperidine rings is 1. The van der Waals surface area contributed by atoms with Crippen molar-refractivity contribution in [1.82, 2.24) is 19.5 Å². The number of carbonyl (C=O) groups is 1. The van der Waals surface area contributed by atoms with Crippen molar-refractivity contribution in [3.8, 4) is 11.4 Å². The highest BCUT2D eigenvalue weighted by Crippen LogP contribution is 2.26. The molecule has 0 radical (unpaired) electrons. The number of nitrogens with zero attached hydrogens (tertiary/aromatic N) is 5. The van der Waals surface area contributed by atoms with Crippen LogP contribution in [0.1, 0.15) is 23.2 Å². The van der Waals surface area contributed by atoms with E-state index >= 15 is 0 Å². The molecule has 1 atom stereocenters. The van der Waals surface area contributed by atoms with Crippen molar-refractivity contribution in [2.75, 3.05) is 18.0 Å². The maximum Gasteiger partial charge on any atom is 0.255 e. The molecule has 7 nitrogen and oxygen atoms in total. The lowest BCUT2D eigenvalue weighted by Gasteiger charge is -2.33. The van der Waals surface area contributed by atoms with Crippen molar-refractivity contribution in [3.63, 3.8) is 0 Å². The molecule has 0 N–H and O–H groups in total. The van der Waals surface area contributed by atoms with Gasteiger partial charge < -0.3 is 4.90 Å². The fraction of sp³-hybridized carbons (Fsp3) is 0.286. The third-order valence-corrected chi connectivity index (χ3v) is 5.30. The molecule has 0 saturated carbocycles. The average molecular weight is 429 g/mol. The van der Waals surface area contributed by atoms with Gasteiger partial charge in [-0.25, -0.2) is 28.1 Å². The zero-order chi connectivity index (χ0) is 22.1. The molecule has 10 heteroatoms. The van der Waals surface area contributed by atoms with Crippen LogP contribution in [0.5, 0.6) is 0 Å². The second kappa shape index (κ2) is 8.29. The van der Waals surface area contributed by atoms with Gasteiger partial charge in [0.25, 0.3) is 5.56 Å². The zero-order valence-electron chi connectivity index (χ0n) is 16.6. The first-order chi connectivity index (χ1) is 14.8. The van der Waals surface area contributed by atoms with E-state index in [-0.39, 0.29) is 17.7 Å². The van der Waals surface area contributed by atoms with Crippen LogP contribution >= 0.6 is 0 Å². The highest BCUT2D eigenvalue weighted by Gasteiger charge is 2.30. The molecule has 1 aromatic carbocycles. The molecule has 0 aliphatic carbocycles. The van der Waals surface area contributed by atoms with E-state index in [0.29, 0.717) is 48.9 Å². The molecule has 0 bridgehead atoms. The highest BCUT2D eigenvalue weighted by atomic mass is 19.2. The van der Waals surface area contributed by atoms with Gasteiger partial charge in [0.2, 0.25) is 5.95 Å². The molecule has 1 unspecified atom stereocenters. The summed E-state index contributed by atoms with van der Waals surface area (Å²) in [4.78, 5) is 39.6. The summed E-state index contributed by atoms with van der Waals surface area (Å²) in [6, 6.07) is 4.42. The van der Waals surface area contributed by atoms with E-state index in [1.165, 1.54) is 23.2 Å². The number of hydrogen-bond donors (Lipinski definition) is 0. The number of anilines is 1. The minimum absolute atomic E-state index is 0.201. The Bertz CT molecular complexity index is 1180. The van der Waals surface area contributed by atoms with Gasteiger partial charge in [-0.05, 0) is 31.0 Å². The number of aromatic nitrogens is 4. The Hall–Kier alpha value is -3.56. The summed E-state index contributed by atoms with van der Waals surface area (Å²) in [6.45, 7) is 0.746. The SMILES string of the molecule is Cn1c(N2CCCC(C(=O)c3cc(F)c(F)c(F)c3)C2)nc(-c2ccncn2)cc1=O. The van der Waals surface area contributed by atoms with Crippen LogP contribution in [-0.4, -0.2) is 38.4 Å². The molecule has 1 fully saturated rings. The van der Waals surface area contributed by atoms with E-state index < -0.39 is 29.2 Å². The predicted octanol–water partition coefficient (Wildman–Crippen LogP) is 2.75. The van der Waals surface area contributed by atoms with Crippen molar-refractivity contribution in [2.45, 2.75) is 12.8 Å². The largest absolute Gasteiger partial charge is 0.341 e. The monoisotopic (exact) mass is 429 g/mol. The molecule has 1 aliphatic rings. The van der Waals surface area contributed by atoms with Crippen LogP contribution in [-0.2, 0) is 7.05 Å². The fourth-order valence-electron chi connectivity index (χ4n) is 3.69. The molecule has 2 aromatic heterocycles. The summed E-state index contributed by atoms with van der Waals surface area (Å²) in [6.07, 6.45) is 3.99. The summed E-state index contributed by atoms with van der Waals surface area (Å²) in [5, 5.41) is 0. The van der Waals surface area contributed by atoms with Gasteiger partial charge in [-0.1, -0.05) is 0 Å². The van der Waals surface area contributed by atoms with Crippen LogP contribution in [0.4, 0.5) is 19.1 Å². The molecule has 1 aliphatic heterocycles. The average Bonchev–Trinajstić information content (AvgIpc) is 2.79. The molecule has 31 heavy (non-hydrogen) atoms. The molecule has 1 saturated heterocycles. The quantitative estimate of drug-likeness (QED) is 0.469. The first-order valence-corrected chi connectivity index (χ1v) is 9.63. The topological polar surface area (TPSA) is 81.0 Å². The van der Waals surface area contributed by atoms with Crippen molar-refractivity contribution in [2.24, 2.45) is 13.0 Å². The number of hydrogen-bond acceptors (Lipinski definition) is 6. The van der Waals surface area contributed by atoms with E-state index in [0.717, 1.165) is 0 Å². The van der Waals surface area contributed by atoms with Crippen molar-refractivity contribution in [1.29, 1.82) is 0 Å². The van der Waals surface area contributed by atoms with Crippen molar-refractivity contribution < 1.29 is 18.0 Å². The normalized spacial score (nSPS) is 16.4. The van der Waals surface area contributed by atoms with Gasteiger partial charge >= 0.3 is 0 Å². The lowest BCUT2D eigenvalue weighted by atomic mass is 9.90. The van der Waals surface area contributed by atoms with E-state index in [9.17, 15) is 22.8 Å². The van der Waals surface area contributed by atoms with Crippen molar-refractivity contribution >= 4 is 11.7 Å². The summed E-state index contributed by atoms with van der Waals surface area (Å²) in [5.41, 5.74) is 0.335. The van der Waals surface area contributed by atoms with Crippen LogP contribution in [0.2, 0.25) is 0 Å². The molecular formula is C21H18F3N5O2. The lowest BCUT2D eigenvalue weighted by molar-refractivity contribution is 0.0905. The van der Waals surface area contributed by atoms with Crippen LogP contribution < -0.4 is 10.5 Å². The Labute approximate surface area is 175 Å². The maximum atomic E-state index is 13.6. The predicted molar refractivity (Wildman–Crippen MR) is 106 cm³/mol. The van der Waals surface area contributed by atoms with Crippen LogP contribution in [0.3, 0.4) is 0 Å². The zero-order valence-corrected chi connectivity index (χ0v) is 16.6. The van der Waals surface area contributed by atoms with Crippen LogP contribution in [0, 0.1) is 23.4 Å². The Balaban J connectivity index is 1.64. The number of ketones is 1. The summed E-state index contributed by atoms with van der Waals surface area (Å²) in [7, 11) is 1.57. The van der Waals surface area contributed by atoms with Crippen LogP contribution in [0.15, 0.2) is 41.6 Å². The molecule has 3 heterocycles. The second-order valence-corrected chi connectivity index (χ2v) is 7.34. The van der Waals surface area contributed by atoms with E-state index in [2.05, 4.69) is 15.0 Å². The Morgan fingerprint density at radius 2 is 1.87 bits per heavy atom. The number of rotatable bonds is 4. The van der Waals surface area contributed by atoms with Gasteiger partial charge in [0.15, 0.2) is 23.2 Å². The Kier molecular flexibility index (Phi) is 5.53. The van der Waals surface area contributed by atoms with E-state index in [1.807, 2.05) is 0 Å². The first-order valence-electron chi connectivity index (χ1n) is 9.63. The molecule has 160 valence electrons. The van der Waals surface area contributed by atoms with E-state index in [4.69, 9.17) is 0 Å². The summed E-state index contributed by atoms with van der Waals surface area (Å²) < 4.78 is 41.8. The third-order valence-electron chi connectivity index (χ3n) is 5.30. The number of halogens is 3. The minimum Gasteiger partial charge on any atom is -0.341 e. The maximum absolute atomic E-state index is 13.6. The van der Waals surface area contributed by atoms with Gasteiger partial charge in [-0.15, -0.1) is 0 Å². The van der Waals surface area contributed by atoms with Gasteiger partial charge in [0.1, 0.15) is 6.33 Å². The third kappa shape index (κ3) is 4.05. The van der Waals surface area contributed by atoms with Gasteiger partial charge in [0.05, 0.1) is 11.4 Å². The number of benzene rings is 1. The van der Waals surface area contributed by atoms with Gasteiger partial charge in [0, 0.05) is 43.9 Å². The highest BCUT2D eigenvalue weighted by molar-refractivity contribution is 5.98. The fourth-order valence-corrected chi connectivity index (χ4v) is 3.69. The Morgan fingerprint density at radius 1 is 1.13 bits per heavy atom. The summed E-state index contributed by atoms with van der Waals surface area (Å²) >= 11 is 0. The number of Topliss-reactive ketones (excluding diaryl/α,β-unsaturated/α-hetero) is 1. The standard InChI is InChI=1S/C21H18F3N5O2/c1-28-18(30)9-17(16-4-5-25-11-26-16)27-21(28)29-6-2-3-12(10-29)20(31)13-7-14(22)19(24)15(23)8-13/h4-5,7-9,11-12H,2-3,6,10H2,1H3. The van der Waals surface area contributed by atoms with Gasteiger partial charge in [-0.2, -0.15) is 0 Å². The molecule has 3 aromatic rings. The molecular weight excluding hydrogens is 411 g/mol.